The molecule has 0 radical (unpaired) electrons. The van der Waals surface area contributed by atoms with Gasteiger partial charge in [0, 0.05) is 12.8 Å². The van der Waals surface area contributed by atoms with E-state index in [1.807, 2.05) is 0 Å². The number of amides is 1. The molecule has 0 aliphatic heterocycles. The first-order valence-corrected chi connectivity index (χ1v) is 28.9. The van der Waals surface area contributed by atoms with E-state index < -0.39 is 12.1 Å². The van der Waals surface area contributed by atoms with Crippen molar-refractivity contribution in [3.63, 3.8) is 0 Å². The molecule has 0 saturated heterocycles. The average molecular weight is 905 g/mol. The minimum absolute atomic E-state index is 0.0322. The summed E-state index contributed by atoms with van der Waals surface area (Å²) in [5.41, 5.74) is 0. The molecule has 0 bridgehead atoms. The lowest BCUT2D eigenvalue weighted by Crippen LogP contribution is -2.45. The highest BCUT2D eigenvalue weighted by Gasteiger charge is 2.20. The highest BCUT2D eigenvalue weighted by Crippen LogP contribution is 2.18. The number of unbranched alkanes of at least 4 members (excludes halogenated alkanes) is 41. The minimum atomic E-state index is -0.683. The Morgan fingerprint density at radius 1 is 0.422 bits per heavy atom. The molecule has 0 spiro atoms. The summed E-state index contributed by atoms with van der Waals surface area (Å²) in [6.07, 6.45) is 63.4. The fourth-order valence-electron chi connectivity index (χ4n) is 9.11. The fourth-order valence-corrected chi connectivity index (χ4v) is 9.11. The lowest BCUT2D eigenvalue weighted by molar-refractivity contribution is -0.143. The molecule has 0 aromatic carbocycles. The first-order chi connectivity index (χ1) is 31.5. The van der Waals surface area contributed by atoms with Crippen LogP contribution in [0.5, 0.6) is 0 Å². The number of allylic oxidation sites excluding steroid dienone is 2. The zero-order chi connectivity index (χ0) is 46.5. The van der Waals surface area contributed by atoms with Crippen LogP contribution in [0, 0.1) is 0 Å². The summed E-state index contributed by atoms with van der Waals surface area (Å²) in [6, 6.07) is -0.562. The summed E-state index contributed by atoms with van der Waals surface area (Å²) in [6.45, 7) is 4.90. The second kappa shape index (κ2) is 54.2. The van der Waals surface area contributed by atoms with E-state index in [0.29, 0.717) is 25.9 Å². The van der Waals surface area contributed by atoms with Crippen LogP contribution in [0.2, 0.25) is 0 Å². The van der Waals surface area contributed by atoms with E-state index in [9.17, 15) is 19.8 Å². The van der Waals surface area contributed by atoms with Crippen molar-refractivity contribution in [3.8, 4) is 0 Å². The van der Waals surface area contributed by atoms with E-state index in [-0.39, 0.29) is 18.5 Å². The van der Waals surface area contributed by atoms with Crippen LogP contribution in [-0.4, -0.2) is 47.4 Å². The predicted octanol–water partition coefficient (Wildman–Crippen LogP) is 17.7. The van der Waals surface area contributed by atoms with Crippen LogP contribution >= 0.6 is 0 Å². The third-order valence-electron chi connectivity index (χ3n) is 13.6. The molecule has 0 aliphatic rings. The van der Waals surface area contributed by atoms with E-state index in [4.69, 9.17) is 4.74 Å². The smallest absolute Gasteiger partial charge is 0.305 e. The molecule has 6 nitrogen and oxygen atoms in total. The molecule has 6 heteroatoms. The topological polar surface area (TPSA) is 95.9 Å². The van der Waals surface area contributed by atoms with Gasteiger partial charge in [0.1, 0.15) is 0 Å². The molecule has 3 N–H and O–H groups in total. The van der Waals surface area contributed by atoms with Gasteiger partial charge in [0.25, 0.3) is 0 Å². The Kier molecular flexibility index (Phi) is 53.0. The molecule has 64 heavy (non-hydrogen) atoms. The molecule has 380 valence electrons. The Bertz CT molecular complexity index is 955. The molecule has 0 aliphatic carbocycles. The van der Waals surface area contributed by atoms with Crippen molar-refractivity contribution in [2.75, 3.05) is 13.2 Å². The molecule has 2 unspecified atom stereocenters. The Morgan fingerprint density at radius 2 is 0.734 bits per heavy atom. The van der Waals surface area contributed by atoms with Crippen LogP contribution in [0.25, 0.3) is 0 Å². The maximum absolute atomic E-state index is 12.5. The monoisotopic (exact) mass is 904 g/mol. The summed E-state index contributed by atoms with van der Waals surface area (Å²) in [5, 5.41) is 23.3. The van der Waals surface area contributed by atoms with Crippen molar-refractivity contribution in [3.05, 3.63) is 12.2 Å². The minimum Gasteiger partial charge on any atom is -0.466 e. The first kappa shape index (κ1) is 62.6. The van der Waals surface area contributed by atoms with Crippen LogP contribution in [-0.2, 0) is 14.3 Å². The summed E-state index contributed by atoms with van der Waals surface area (Å²) >= 11 is 0. The third-order valence-corrected chi connectivity index (χ3v) is 13.6. The lowest BCUT2D eigenvalue weighted by atomic mass is 10.0. The van der Waals surface area contributed by atoms with Crippen molar-refractivity contribution >= 4 is 11.9 Å². The van der Waals surface area contributed by atoms with Crippen LogP contribution in [0.1, 0.15) is 322 Å². The number of rotatable bonds is 54. The van der Waals surface area contributed by atoms with Crippen LogP contribution < -0.4 is 5.32 Å². The number of carbonyl (C=O) groups excluding carboxylic acids is 2. The van der Waals surface area contributed by atoms with Crippen molar-refractivity contribution in [2.24, 2.45) is 0 Å². The van der Waals surface area contributed by atoms with E-state index >= 15 is 0 Å². The van der Waals surface area contributed by atoms with Gasteiger partial charge in [0.2, 0.25) is 5.91 Å². The Balaban J connectivity index is 3.47. The molecule has 0 aromatic rings. The molecule has 0 saturated carbocycles. The van der Waals surface area contributed by atoms with Gasteiger partial charge in [-0.2, -0.15) is 0 Å². The summed E-state index contributed by atoms with van der Waals surface area (Å²) in [4.78, 5) is 24.5. The second-order valence-corrected chi connectivity index (χ2v) is 20.0. The molecular formula is C58H113NO5. The van der Waals surface area contributed by atoms with Gasteiger partial charge in [-0.05, 0) is 51.4 Å². The van der Waals surface area contributed by atoms with Crippen molar-refractivity contribution in [1.82, 2.24) is 5.32 Å². The highest BCUT2D eigenvalue weighted by molar-refractivity contribution is 5.76. The third kappa shape index (κ3) is 50.0. The fraction of sp³-hybridized carbons (Fsp3) is 0.931. The predicted molar refractivity (Wildman–Crippen MR) is 278 cm³/mol. The van der Waals surface area contributed by atoms with E-state index in [0.717, 1.165) is 57.8 Å². The second-order valence-electron chi connectivity index (χ2n) is 20.0. The van der Waals surface area contributed by atoms with Gasteiger partial charge in [-0.1, -0.05) is 270 Å². The number of ether oxygens (including phenoxy) is 1. The molecular weight excluding hydrogens is 791 g/mol. The molecule has 0 heterocycles. The van der Waals surface area contributed by atoms with Gasteiger partial charge in [-0.15, -0.1) is 0 Å². The number of esters is 1. The first-order valence-electron chi connectivity index (χ1n) is 28.9. The average Bonchev–Trinajstić information content (AvgIpc) is 3.29. The van der Waals surface area contributed by atoms with Crippen LogP contribution in [0.4, 0.5) is 0 Å². The van der Waals surface area contributed by atoms with Gasteiger partial charge in [0.15, 0.2) is 0 Å². The quantitative estimate of drug-likeness (QED) is 0.0321. The lowest BCUT2D eigenvalue weighted by Gasteiger charge is -2.22. The maximum Gasteiger partial charge on any atom is 0.305 e. The zero-order valence-corrected chi connectivity index (χ0v) is 43.3. The summed E-state index contributed by atoms with van der Waals surface area (Å²) in [5.74, 6) is -0.0916. The molecule has 0 aromatic heterocycles. The maximum atomic E-state index is 12.5. The number of nitrogens with one attached hydrogen (secondary N) is 1. The van der Waals surface area contributed by atoms with Gasteiger partial charge >= 0.3 is 5.97 Å². The number of aliphatic hydroxyl groups is 2. The number of hydrogen-bond acceptors (Lipinski definition) is 5. The Hall–Kier alpha value is -1.40. The summed E-state index contributed by atoms with van der Waals surface area (Å²) in [7, 11) is 0. The largest absolute Gasteiger partial charge is 0.466 e. The van der Waals surface area contributed by atoms with Crippen LogP contribution in [0.3, 0.4) is 0 Å². The normalized spacial score (nSPS) is 12.6. The number of aliphatic hydroxyl groups excluding tert-OH is 2. The van der Waals surface area contributed by atoms with Gasteiger partial charge in [0.05, 0.1) is 25.4 Å². The van der Waals surface area contributed by atoms with Crippen molar-refractivity contribution in [2.45, 2.75) is 334 Å². The molecule has 2 atom stereocenters. The molecule has 0 rings (SSSR count). The van der Waals surface area contributed by atoms with Crippen LogP contribution in [0.15, 0.2) is 12.2 Å². The standard InChI is InChI=1S/C58H113NO5/c1-3-5-7-9-11-13-15-17-19-20-21-22-23-24-25-26-27-28-29-31-34-38-42-46-50-56(61)55(54-60)59-57(62)51-47-43-39-35-33-37-41-45-49-53-64-58(63)52-48-44-40-36-32-30-18-16-14-12-10-8-6-4-2/h16,18,55-56,60-61H,3-15,17,19-54H2,1-2H3,(H,59,62)/b18-16-. The Labute approximate surface area is 399 Å². The van der Waals surface area contributed by atoms with Gasteiger partial charge in [-0.3, -0.25) is 9.59 Å². The number of hydrogen-bond donors (Lipinski definition) is 3. The van der Waals surface area contributed by atoms with Gasteiger partial charge in [-0.25, -0.2) is 0 Å². The van der Waals surface area contributed by atoms with Crippen molar-refractivity contribution < 1.29 is 24.5 Å². The molecule has 1 amide bonds. The summed E-state index contributed by atoms with van der Waals surface area (Å²) < 4.78 is 5.45. The zero-order valence-electron chi connectivity index (χ0n) is 43.3. The molecule has 0 fully saturated rings. The van der Waals surface area contributed by atoms with E-state index in [2.05, 4.69) is 31.3 Å². The van der Waals surface area contributed by atoms with E-state index in [1.54, 1.807) is 0 Å². The SMILES string of the molecule is CCCCCCC/C=C\CCCCCCCC(=O)OCCCCCCCCCCCC(=O)NC(CO)C(O)CCCCCCCCCCCCCCCCCCCCCCCCCC. The highest BCUT2D eigenvalue weighted by atomic mass is 16.5. The van der Waals surface area contributed by atoms with E-state index in [1.165, 1.54) is 231 Å². The Morgan fingerprint density at radius 3 is 1.11 bits per heavy atom. The number of carbonyl (C=O) groups is 2. The van der Waals surface area contributed by atoms with Gasteiger partial charge < -0.3 is 20.3 Å². The van der Waals surface area contributed by atoms with Crippen molar-refractivity contribution in [1.29, 1.82) is 0 Å².